The number of phenols is 1. The molecular weight excluding hydrogens is 370 g/mol. The third-order valence-electron chi connectivity index (χ3n) is 8.31. The summed E-state index contributed by atoms with van der Waals surface area (Å²) in [5, 5.41) is 10.2. The van der Waals surface area contributed by atoms with Crippen LogP contribution in [0, 0.1) is 17.8 Å². The minimum absolute atomic E-state index is 0. The van der Waals surface area contributed by atoms with E-state index in [1.807, 2.05) is 12.1 Å². The van der Waals surface area contributed by atoms with Gasteiger partial charge in [-0.05, 0) is 79.7 Å². The van der Waals surface area contributed by atoms with E-state index >= 15 is 0 Å². The van der Waals surface area contributed by atoms with Crippen LogP contribution < -0.4 is 0 Å². The molecule has 2 bridgehead atoms. The number of nitrogens with zero attached hydrogens (tertiary/aromatic N) is 1. The van der Waals surface area contributed by atoms with Crippen molar-refractivity contribution in [3.63, 3.8) is 0 Å². The SMILES string of the molecule is CCC[C@H]1CC(=O)CC23CCN(CC4CCC4)C(Cc4ccc(O)cc42)[C@H]13.Cl. The summed E-state index contributed by atoms with van der Waals surface area (Å²) in [6.07, 6.45) is 10.2. The average Bonchev–Trinajstić information content (AvgIpc) is 2.60. The lowest BCUT2D eigenvalue weighted by Gasteiger charge is -2.61. The lowest BCUT2D eigenvalue weighted by molar-refractivity contribution is -0.132. The Morgan fingerprint density at radius 2 is 2.07 bits per heavy atom. The summed E-state index contributed by atoms with van der Waals surface area (Å²) < 4.78 is 0. The molecule has 2 saturated carbocycles. The first-order valence-corrected chi connectivity index (χ1v) is 11.2. The molecule has 4 atom stereocenters. The van der Waals surface area contributed by atoms with Crippen LogP contribution in [-0.2, 0) is 16.6 Å². The molecule has 5 rings (SSSR count). The highest BCUT2D eigenvalue weighted by molar-refractivity contribution is 5.85. The fourth-order valence-corrected chi connectivity index (χ4v) is 7.07. The van der Waals surface area contributed by atoms with Gasteiger partial charge in [0.2, 0.25) is 0 Å². The molecule has 3 fully saturated rings. The van der Waals surface area contributed by atoms with Gasteiger partial charge in [0.15, 0.2) is 0 Å². The number of carbonyl (C=O) groups is 1. The largest absolute Gasteiger partial charge is 0.508 e. The van der Waals surface area contributed by atoms with Gasteiger partial charge in [-0.25, -0.2) is 0 Å². The van der Waals surface area contributed by atoms with Crippen molar-refractivity contribution in [3.8, 4) is 5.75 Å². The lowest BCUT2D eigenvalue weighted by Crippen LogP contribution is -2.65. The summed E-state index contributed by atoms with van der Waals surface area (Å²) in [5.41, 5.74) is 2.67. The van der Waals surface area contributed by atoms with Gasteiger partial charge in [-0.3, -0.25) is 9.69 Å². The fraction of sp³-hybridized carbons (Fsp3) is 0.708. The van der Waals surface area contributed by atoms with Crippen LogP contribution >= 0.6 is 12.4 Å². The van der Waals surface area contributed by atoms with Crippen molar-refractivity contribution in [3.05, 3.63) is 29.3 Å². The number of hydrogen-bond donors (Lipinski definition) is 1. The number of fused-ring (bicyclic) bond motifs is 1. The van der Waals surface area contributed by atoms with E-state index in [1.165, 1.54) is 43.4 Å². The number of Topliss-reactive ketones (excluding diaryl/α,β-unsaturated/α-hetero) is 1. The Kier molecular flexibility index (Phi) is 5.52. The molecule has 4 aliphatic rings. The highest BCUT2D eigenvalue weighted by Crippen LogP contribution is 2.58. The van der Waals surface area contributed by atoms with Crippen LogP contribution in [0.4, 0.5) is 0 Å². The molecule has 1 saturated heterocycles. The number of phenolic OH excluding ortho intramolecular Hbond substituents is 1. The van der Waals surface area contributed by atoms with Crippen LogP contribution in [0.2, 0.25) is 0 Å². The number of benzene rings is 1. The predicted molar refractivity (Wildman–Crippen MR) is 114 cm³/mol. The first kappa shape index (κ1) is 20.2. The lowest BCUT2D eigenvalue weighted by atomic mass is 9.48. The highest BCUT2D eigenvalue weighted by atomic mass is 35.5. The molecule has 4 heteroatoms. The van der Waals surface area contributed by atoms with E-state index in [2.05, 4.69) is 17.9 Å². The van der Waals surface area contributed by atoms with Crippen LogP contribution in [0.3, 0.4) is 0 Å². The first-order valence-electron chi connectivity index (χ1n) is 11.2. The summed E-state index contributed by atoms with van der Waals surface area (Å²) in [5.74, 6) is 2.81. The molecule has 3 nitrogen and oxygen atoms in total. The van der Waals surface area contributed by atoms with Gasteiger partial charge < -0.3 is 5.11 Å². The van der Waals surface area contributed by atoms with Crippen molar-refractivity contribution in [1.82, 2.24) is 4.90 Å². The van der Waals surface area contributed by atoms with E-state index in [9.17, 15) is 9.90 Å². The maximum atomic E-state index is 12.8. The topological polar surface area (TPSA) is 40.5 Å². The first-order chi connectivity index (χ1) is 13.1. The zero-order valence-corrected chi connectivity index (χ0v) is 17.8. The van der Waals surface area contributed by atoms with E-state index in [0.29, 0.717) is 35.8 Å². The van der Waals surface area contributed by atoms with E-state index in [-0.39, 0.29) is 17.8 Å². The Labute approximate surface area is 175 Å². The zero-order chi connectivity index (χ0) is 18.6. The van der Waals surface area contributed by atoms with Gasteiger partial charge in [-0.2, -0.15) is 0 Å². The number of ketones is 1. The Hall–Kier alpha value is -1.06. The minimum atomic E-state index is -0.0255. The molecule has 1 N–H and O–H groups in total. The molecule has 154 valence electrons. The van der Waals surface area contributed by atoms with E-state index in [0.717, 1.165) is 38.1 Å². The fourth-order valence-electron chi connectivity index (χ4n) is 7.07. The van der Waals surface area contributed by atoms with Gasteiger partial charge >= 0.3 is 0 Å². The quantitative estimate of drug-likeness (QED) is 0.778. The maximum absolute atomic E-state index is 12.8. The standard InChI is InChI=1S/C24H33NO2.ClH/c1-2-4-18-11-20(27)14-24-9-10-25(15-16-5-3-6-16)22(23(18)24)12-17-7-8-19(26)13-21(17)24;/h7-8,13,16,18,22-23,26H,2-6,9-12,14-15H2,1H3;1H/t18-,22?,23-,24?;/m0./s1. The van der Waals surface area contributed by atoms with Crippen molar-refractivity contribution < 1.29 is 9.90 Å². The summed E-state index contributed by atoms with van der Waals surface area (Å²) in [6, 6.07) is 6.56. The Bertz CT molecular complexity index is 746. The molecule has 2 unspecified atom stereocenters. The van der Waals surface area contributed by atoms with Gasteiger partial charge in [0.25, 0.3) is 0 Å². The molecule has 0 amide bonds. The maximum Gasteiger partial charge on any atom is 0.134 e. The van der Waals surface area contributed by atoms with Gasteiger partial charge in [-0.15, -0.1) is 12.4 Å². The average molecular weight is 404 g/mol. The van der Waals surface area contributed by atoms with Crippen LogP contribution in [0.15, 0.2) is 18.2 Å². The van der Waals surface area contributed by atoms with Crippen molar-refractivity contribution in [2.24, 2.45) is 17.8 Å². The number of carbonyl (C=O) groups excluding carboxylic acids is 1. The summed E-state index contributed by atoms with van der Waals surface area (Å²) in [7, 11) is 0. The monoisotopic (exact) mass is 403 g/mol. The molecule has 0 aromatic heterocycles. The number of hydrogen-bond acceptors (Lipinski definition) is 3. The summed E-state index contributed by atoms with van der Waals surface area (Å²) in [4.78, 5) is 15.6. The molecule has 1 aliphatic heterocycles. The second kappa shape index (κ2) is 7.65. The van der Waals surface area contributed by atoms with Crippen LogP contribution in [0.5, 0.6) is 5.75 Å². The van der Waals surface area contributed by atoms with Crippen LogP contribution in [0.25, 0.3) is 0 Å². The normalized spacial score (nSPS) is 34.8. The second-order valence-electron chi connectivity index (χ2n) is 9.81. The number of likely N-dealkylation sites (tertiary alicyclic amines) is 1. The Balaban J connectivity index is 0.00000192. The second-order valence-corrected chi connectivity index (χ2v) is 9.81. The van der Waals surface area contributed by atoms with E-state index in [4.69, 9.17) is 0 Å². The van der Waals surface area contributed by atoms with E-state index in [1.54, 1.807) is 0 Å². The molecule has 1 heterocycles. The summed E-state index contributed by atoms with van der Waals surface area (Å²) >= 11 is 0. The van der Waals surface area contributed by atoms with E-state index < -0.39 is 0 Å². The molecule has 0 radical (unpaired) electrons. The van der Waals surface area contributed by atoms with Crippen molar-refractivity contribution in [2.45, 2.75) is 76.2 Å². The number of aromatic hydroxyl groups is 1. The van der Waals surface area contributed by atoms with Gasteiger partial charge in [0.05, 0.1) is 0 Å². The number of rotatable bonds is 4. The van der Waals surface area contributed by atoms with Gasteiger partial charge in [0.1, 0.15) is 11.5 Å². The highest BCUT2D eigenvalue weighted by Gasteiger charge is 2.58. The van der Waals surface area contributed by atoms with Gasteiger partial charge in [-0.1, -0.05) is 25.8 Å². The molecular formula is C24H34ClNO2. The molecule has 3 aliphatic carbocycles. The number of piperidine rings is 1. The third kappa shape index (κ3) is 3.10. The zero-order valence-electron chi connectivity index (χ0n) is 17.0. The third-order valence-corrected chi connectivity index (χ3v) is 8.31. The summed E-state index contributed by atoms with van der Waals surface area (Å²) in [6.45, 7) is 4.65. The molecule has 0 spiro atoms. The Morgan fingerprint density at radius 1 is 1.25 bits per heavy atom. The molecule has 28 heavy (non-hydrogen) atoms. The van der Waals surface area contributed by atoms with Gasteiger partial charge in [0, 0.05) is 30.8 Å². The Morgan fingerprint density at radius 3 is 2.79 bits per heavy atom. The predicted octanol–water partition coefficient (Wildman–Crippen LogP) is 4.88. The van der Waals surface area contributed by atoms with Crippen LogP contribution in [0.1, 0.15) is 69.4 Å². The smallest absolute Gasteiger partial charge is 0.134 e. The van der Waals surface area contributed by atoms with Crippen molar-refractivity contribution >= 4 is 18.2 Å². The molecule has 1 aromatic rings. The molecule has 1 aromatic carbocycles. The minimum Gasteiger partial charge on any atom is -0.508 e. The van der Waals surface area contributed by atoms with Crippen molar-refractivity contribution in [1.29, 1.82) is 0 Å². The number of halogens is 1. The van der Waals surface area contributed by atoms with Crippen LogP contribution in [-0.4, -0.2) is 34.9 Å². The van der Waals surface area contributed by atoms with Crippen molar-refractivity contribution in [2.75, 3.05) is 13.1 Å².